The maximum absolute atomic E-state index is 13.6. The van der Waals surface area contributed by atoms with Crippen LogP contribution in [0.5, 0.6) is 0 Å². The molecule has 1 aromatic heterocycles. The molecular formula is C30H34N2O6. The minimum Gasteiger partial charge on any atom is -0.478 e. The molecule has 1 aliphatic carbocycles. The van der Waals surface area contributed by atoms with Gasteiger partial charge >= 0.3 is 17.6 Å². The molecule has 1 saturated carbocycles. The number of carboxylic acids is 2. The molecule has 1 aliphatic rings. The maximum Gasteiger partial charge on any atom is 0.354 e. The Kier molecular flexibility index (Phi) is 8.61. The second-order valence-corrected chi connectivity index (χ2v) is 10.1. The number of benzene rings is 2. The van der Waals surface area contributed by atoms with Gasteiger partial charge in [-0.15, -0.1) is 0 Å². The Morgan fingerprint density at radius 1 is 0.921 bits per heavy atom. The standard InChI is InChI=1S/C30H34N2O6/c1-2-3-13-25-27(29(36)37)32(26(33)18-20-9-5-4-6-10-20)30(38)31(25)19-21-14-16-22(17-15-21)23-11-7-8-12-24(23)28(34)35/h7-8,11-12,14-17,20H,2-6,9-10,13,18-19H2,1H3,(H,34,35)(H,36,37). The average molecular weight is 519 g/mol. The maximum atomic E-state index is 13.6. The summed E-state index contributed by atoms with van der Waals surface area (Å²) >= 11 is 0. The van der Waals surface area contributed by atoms with E-state index in [9.17, 15) is 29.4 Å². The van der Waals surface area contributed by atoms with Crippen LogP contribution in [-0.2, 0) is 13.0 Å². The van der Waals surface area contributed by atoms with Gasteiger partial charge in [-0.25, -0.2) is 19.0 Å². The second-order valence-electron chi connectivity index (χ2n) is 10.1. The zero-order valence-corrected chi connectivity index (χ0v) is 21.7. The second kappa shape index (κ2) is 12.1. The van der Waals surface area contributed by atoms with Gasteiger partial charge in [0.05, 0.1) is 17.8 Å². The first-order valence-electron chi connectivity index (χ1n) is 13.3. The van der Waals surface area contributed by atoms with E-state index in [4.69, 9.17) is 0 Å². The highest BCUT2D eigenvalue weighted by molar-refractivity contribution is 5.96. The third kappa shape index (κ3) is 5.79. The number of carbonyl (C=O) groups is 3. The van der Waals surface area contributed by atoms with Gasteiger partial charge in [0, 0.05) is 6.42 Å². The van der Waals surface area contributed by atoms with E-state index in [1.165, 1.54) is 4.57 Å². The summed E-state index contributed by atoms with van der Waals surface area (Å²) in [5, 5.41) is 19.6. The topological polar surface area (TPSA) is 119 Å². The third-order valence-electron chi connectivity index (χ3n) is 7.42. The van der Waals surface area contributed by atoms with Gasteiger partial charge in [-0.05, 0) is 54.4 Å². The number of aromatic carboxylic acids is 2. The van der Waals surface area contributed by atoms with E-state index in [2.05, 4.69) is 0 Å². The van der Waals surface area contributed by atoms with Crippen molar-refractivity contribution in [1.29, 1.82) is 0 Å². The number of carbonyl (C=O) groups excluding carboxylic acids is 1. The van der Waals surface area contributed by atoms with E-state index in [1.807, 2.05) is 6.92 Å². The SMILES string of the molecule is CCCCc1c(C(=O)O)n(C(=O)CC2CCCCC2)c(=O)n1Cc1ccc(-c2ccccc2C(=O)O)cc1. The van der Waals surface area contributed by atoms with Crippen LogP contribution < -0.4 is 5.69 Å². The number of hydrogen-bond donors (Lipinski definition) is 2. The van der Waals surface area contributed by atoms with Gasteiger partial charge < -0.3 is 10.2 Å². The van der Waals surface area contributed by atoms with E-state index < -0.39 is 23.5 Å². The molecule has 8 nitrogen and oxygen atoms in total. The van der Waals surface area contributed by atoms with Crippen LogP contribution in [0.25, 0.3) is 11.1 Å². The predicted molar refractivity (Wildman–Crippen MR) is 144 cm³/mol. The Bertz CT molecular complexity index is 1380. The van der Waals surface area contributed by atoms with E-state index in [0.717, 1.165) is 54.2 Å². The van der Waals surface area contributed by atoms with Crippen molar-refractivity contribution >= 4 is 17.8 Å². The van der Waals surface area contributed by atoms with Crippen molar-refractivity contribution in [2.24, 2.45) is 5.92 Å². The molecule has 200 valence electrons. The monoisotopic (exact) mass is 518 g/mol. The van der Waals surface area contributed by atoms with Crippen molar-refractivity contribution in [2.75, 3.05) is 0 Å². The molecule has 0 amide bonds. The molecule has 3 aromatic rings. The summed E-state index contributed by atoms with van der Waals surface area (Å²) in [6.07, 6.45) is 7.13. The molecule has 0 unspecified atom stereocenters. The summed E-state index contributed by atoms with van der Waals surface area (Å²) in [7, 11) is 0. The smallest absolute Gasteiger partial charge is 0.354 e. The molecule has 38 heavy (non-hydrogen) atoms. The van der Waals surface area contributed by atoms with E-state index in [0.29, 0.717) is 24.1 Å². The van der Waals surface area contributed by atoms with Crippen LogP contribution in [0, 0.1) is 5.92 Å². The third-order valence-corrected chi connectivity index (χ3v) is 7.42. The Morgan fingerprint density at radius 2 is 1.61 bits per heavy atom. The summed E-state index contributed by atoms with van der Waals surface area (Å²) in [4.78, 5) is 50.8. The highest BCUT2D eigenvalue weighted by atomic mass is 16.4. The zero-order valence-electron chi connectivity index (χ0n) is 21.7. The zero-order chi connectivity index (χ0) is 27.2. The van der Waals surface area contributed by atoms with Crippen molar-refractivity contribution in [3.05, 3.63) is 81.5 Å². The van der Waals surface area contributed by atoms with Crippen LogP contribution in [0.1, 0.15) is 95.2 Å². The molecule has 0 aliphatic heterocycles. The molecular weight excluding hydrogens is 484 g/mol. The lowest BCUT2D eigenvalue weighted by Crippen LogP contribution is -2.32. The lowest BCUT2D eigenvalue weighted by molar-refractivity contribution is 0.0665. The summed E-state index contributed by atoms with van der Waals surface area (Å²) in [6, 6.07) is 13.9. The lowest BCUT2D eigenvalue weighted by Gasteiger charge is -2.20. The summed E-state index contributed by atoms with van der Waals surface area (Å²) in [5.41, 5.74) is 1.76. The molecule has 2 N–H and O–H groups in total. The van der Waals surface area contributed by atoms with Crippen molar-refractivity contribution in [2.45, 2.75) is 71.3 Å². The van der Waals surface area contributed by atoms with Gasteiger partial charge in [0.2, 0.25) is 5.91 Å². The molecule has 0 saturated heterocycles. The van der Waals surface area contributed by atoms with E-state index in [-0.39, 0.29) is 30.1 Å². The number of unbranched alkanes of at least 4 members (excludes halogenated alkanes) is 1. The Hall–Kier alpha value is -3.94. The average Bonchev–Trinajstić information content (AvgIpc) is 3.19. The first kappa shape index (κ1) is 27.1. The number of rotatable bonds is 10. The summed E-state index contributed by atoms with van der Waals surface area (Å²) in [6.45, 7) is 2.10. The molecule has 8 heteroatoms. The number of aromatic nitrogens is 2. The van der Waals surface area contributed by atoms with Gasteiger partial charge in [0.25, 0.3) is 0 Å². The molecule has 2 aromatic carbocycles. The van der Waals surface area contributed by atoms with Crippen LogP contribution in [0.3, 0.4) is 0 Å². The van der Waals surface area contributed by atoms with Gasteiger partial charge in [-0.3, -0.25) is 9.36 Å². The molecule has 0 bridgehead atoms. The quantitative estimate of drug-likeness (QED) is 0.355. The fourth-order valence-electron chi connectivity index (χ4n) is 5.42. The fourth-order valence-corrected chi connectivity index (χ4v) is 5.42. The molecule has 1 fully saturated rings. The normalized spacial score (nSPS) is 13.9. The minimum absolute atomic E-state index is 0.114. The molecule has 4 rings (SSSR count). The van der Waals surface area contributed by atoms with Crippen molar-refractivity contribution in [3.8, 4) is 11.1 Å². The first-order valence-corrected chi connectivity index (χ1v) is 13.3. The number of imidazole rings is 1. The Labute approximate surface area is 221 Å². The van der Waals surface area contributed by atoms with E-state index >= 15 is 0 Å². The molecule has 0 spiro atoms. The molecule has 0 radical (unpaired) electrons. The first-order chi connectivity index (χ1) is 18.3. The van der Waals surface area contributed by atoms with E-state index in [1.54, 1.807) is 48.5 Å². The Morgan fingerprint density at radius 3 is 2.24 bits per heavy atom. The molecule has 1 heterocycles. The highest BCUT2D eigenvalue weighted by Crippen LogP contribution is 2.28. The van der Waals surface area contributed by atoms with Gasteiger partial charge in [0.1, 0.15) is 0 Å². The van der Waals surface area contributed by atoms with Crippen LogP contribution in [0.2, 0.25) is 0 Å². The number of nitrogens with zero attached hydrogens (tertiary/aromatic N) is 2. The number of hydrogen-bond acceptors (Lipinski definition) is 4. The lowest BCUT2D eigenvalue weighted by atomic mass is 9.87. The summed E-state index contributed by atoms with van der Waals surface area (Å²) in [5.74, 6) is -2.56. The fraction of sp³-hybridized carbons (Fsp3) is 0.400. The summed E-state index contributed by atoms with van der Waals surface area (Å²) < 4.78 is 2.30. The van der Waals surface area contributed by atoms with Crippen molar-refractivity contribution in [3.63, 3.8) is 0 Å². The van der Waals surface area contributed by atoms with Crippen LogP contribution >= 0.6 is 0 Å². The Balaban J connectivity index is 1.69. The van der Waals surface area contributed by atoms with Crippen molar-refractivity contribution < 1.29 is 24.6 Å². The largest absolute Gasteiger partial charge is 0.478 e. The molecule has 0 atom stereocenters. The van der Waals surface area contributed by atoms with Gasteiger partial charge in [-0.2, -0.15) is 0 Å². The predicted octanol–water partition coefficient (Wildman–Crippen LogP) is 5.71. The highest BCUT2D eigenvalue weighted by Gasteiger charge is 2.29. The van der Waals surface area contributed by atoms with Crippen LogP contribution in [0.4, 0.5) is 0 Å². The minimum atomic E-state index is -1.27. The van der Waals surface area contributed by atoms with Crippen LogP contribution in [-0.4, -0.2) is 37.2 Å². The van der Waals surface area contributed by atoms with Crippen molar-refractivity contribution in [1.82, 2.24) is 9.13 Å². The van der Waals surface area contributed by atoms with Gasteiger partial charge in [-0.1, -0.05) is 75.1 Å². The van der Waals surface area contributed by atoms with Gasteiger partial charge in [0.15, 0.2) is 5.69 Å². The number of carboxylic acid groups (broad SMARTS) is 2. The van der Waals surface area contributed by atoms with Crippen LogP contribution in [0.15, 0.2) is 53.3 Å².